The lowest BCUT2D eigenvalue weighted by Gasteiger charge is -2.15. The summed E-state index contributed by atoms with van der Waals surface area (Å²) in [5, 5.41) is 4.61. The highest BCUT2D eigenvalue weighted by atomic mass is 35.5. The number of halogens is 1. The van der Waals surface area contributed by atoms with Crippen LogP contribution < -0.4 is 5.73 Å². The van der Waals surface area contributed by atoms with Crippen LogP contribution in [0.5, 0.6) is 0 Å². The lowest BCUT2D eigenvalue weighted by molar-refractivity contribution is 0.597. The van der Waals surface area contributed by atoms with E-state index in [-0.39, 0.29) is 4.90 Å². The van der Waals surface area contributed by atoms with Crippen molar-refractivity contribution in [2.45, 2.75) is 24.4 Å². The van der Waals surface area contributed by atoms with E-state index in [9.17, 15) is 8.42 Å². The maximum atomic E-state index is 11.6. The Hall–Kier alpha value is -1.37. The van der Waals surface area contributed by atoms with Crippen molar-refractivity contribution < 1.29 is 8.42 Å². The molecule has 2 rings (SSSR count). The van der Waals surface area contributed by atoms with Gasteiger partial charge in [-0.2, -0.15) is 5.10 Å². The van der Waals surface area contributed by atoms with Gasteiger partial charge in [-0.15, -0.1) is 0 Å². The SMILES string of the molecule is CCn1ncc(Cl)c1C(N)c1cccc(S(C)(=O)=O)c1. The standard InChI is InChI=1S/C13H16ClN3O2S/c1-3-17-13(11(14)8-16-17)12(15)9-5-4-6-10(7-9)20(2,18)19/h4-8,12H,3,15H2,1-2H3. The molecule has 0 bridgehead atoms. The average molecular weight is 314 g/mol. The van der Waals surface area contributed by atoms with E-state index >= 15 is 0 Å². The maximum absolute atomic E-state index is 11.6. The molecule has 0 radical (unpaired) electrons. The number of hydrogen-bond donors (Lipinski definition) is 1. The Morgan fingerprint density at radius 3 is 2.75 bits per heavy atom. The van der Waals surface area contributed by atoms with Gasteiger partial charge in [0.15, 0.2) is 9.84 Å². The van der Waals surface area contributed by atoms with Crippen molar-refractivity contribution in [3.05, 3.63) is 46.7 Å². The second kappa shape index (κ2) is 5.55. The average Bonchev–Trinajstić information content (AvgIpc) is 2.78. The Bertz CT molecular complexity index is 725. The third-order valence-electron chi connectivity index (χ3n) is 3.07. The summed E-state index contributed by atoms with van der Waals surface area (Å²) in [4.78, 5) is 0.240. The van der Waals surface area contributed by atoms with E-state index in [1.54, 1.807) is 35.1 Å². The fraction of sp³-hybridized carbons (Fsp3) is 0.308. The molecule has 0 saturated heterocycles. The molecule has 2 N–H and O–H groups in total. The largest absolute Gasteiger partial charge is 0.319 e. The van der Waals surface area contributed by atoms with Crippen molar-refractivity contribution in [1.82, 2.24) is 9.78 Å². The van der Waals surface area contributed by atoms with Gasteiger partial charge in [0.25, 0.3) is 0 Å². The topological polar surface area (TPSA) is 78.0 Å². The first kappa shape index (κ1) is 15.0. The molecule has 1 atom stereocenters. The first-order valence-corrected chi connectivity index (χ1v) is 8.38. The molecule has 1 unspecified atom stereocenters. The fourth-order valence-corrected chi connectivity index (χ4v) is 2.96. The quantitative estimate of drug-likeness (QED) is 0.936. The fourth-order valence-electron chi connectivity index (χ4n) is 2.03. The molecule has 2 aromatic rings. The van der Waals surface area contributed by atoms with Crippen molar-refractivity contribution in [3.63, 3.8) is 0 Å². The molecule has 1 aromatic heterocycles. The molecule has 7 heteroatoms. The molecule has 0 fully saturated rings. The summed E-state index contributed by atoms with van der Waals surface area (Å²) in [7, 11) is -3.26. The number of nitrogens with zero attached hydrogens (tertiary/aromatic N) is 2. The first-order chi connectivity index (χ1) is 9.34. The van der Waals surface area contributed by atoms with Crippen molar-refractivity contribution in [3.8, 4) is 0 Å². The summed E-state index contributed by atoms with van der Waals surface area (Å²) in [6.07, 6.45) is 2.71. The van der Waals surface area contributed by atoms with Crippen LogP contribution in [-0.4, -0.2) is 24.5 Å². The van der Waals surface area contributed by atoms with Gasteiger partial charge >= 0.3 is 0 Å². The highest BCUT2D eigenvalue weighted by Crippen LogP contribution is 2.27. The summed E-state index contributed by atoms with van der Waals surface area (Å²) < 4.78 is 24.9. The molecular weight excluding hydrogens is 298 g/mol. The predicted octanol–water partition coefficient (Wildman–Crippen LogP) is 2.01. The summed E-state index contributed by atoms with van der Waals surface area (Å²) in [5.41, 5.74) is 7.58. The van der Waals surface area contributed by atoms with E-state index in [4.69, 9.17) is 17.3 Å². The van der Waals surface area contributed by atoms with Crippen molar-refractivity contribution in [2.75, 3.05) is 6.26 Å². The zero-order valence-corrected chi connectivity index (χ0v) is 12.8. The lowest BCUT2D eigenvalue weighted by atomic mass is 10.0. The molecule has 1 aromatic carbocycles. The van der Waals surface area contributed by atoms with Crippen LogP contribution in [0.2, 0.25) is 5.02 Å². The predicted molar refractivity (Wildman–Crippen MR) is 78.5 cm³/mol. The number of hydrogen-bond acceptors (Lipinski definition) is 4. The van der Waals surface area contributed by atoms with E-state index in [0.29, 0.717) is 22.8 Å². The third-order valence-corrected chi connectivity index (χ3v) is 4.47. The van der Waals surface area contributed by atoms with Gasteiger partial charge in [-0.3, -0.25) is 4.68 Å². The van der Waals surface area contributed by atoms with Crippen LogP contribution in [0.4, 0.5) is 0 Å². The van der Waals surface area contributed by atoms with E-state index in [2.05, 4.69) is 5.10 Å². The third kappa shape index (κ3) is 2.87. The highest BCUT2D eigenvalue weighted by molar-refractivity contribution is 7.90. The molecule has 0 saturated carbocycles. The van der Waals surface area contributed by atoms with Crippen LogP contribution in [0.3, 0.4) is 0 Å². The minimum Gasteiger partial charge on any atom is -0.319 e. The van der Waals surface area contributed by atoms with Gasteiger partial charge in [0.05, 0.1) is 27.9 Å². The zero-order valence-electron chi connectivity index (χ0n) is 11.2. The second-order valence-corrected chi connectivity index (χ2v) is 6.94. The molecular formula is C13H16ClN3O2S. The molecule has 0 spiro atoms. The van der Waals surface area contributed by atoms with Crippen LogP contribution in [-0.2, 0) is 16.4 Å². The van der Waals surface area contributed by atoms with Crippen LogP contribution in [0.15, 0.2) is 35.4 Å². The number of aromatic nitrogens is 2. The minimum absolute atomic E-state index is 0.240. The van der Waals surface area contributed by atoms with Gasteiger partial charge in [-0.1, -0.05) is 23.7 Å². The minimum atomic E-state index is -3.26. The van der Waals surface area contributed by atoms with Gasteiger partial charge in [0.1, 0.15) is 0 Å². The van der Waals surface area contributed by atoms with Gasteiger partial charge in [0, 0.05) is 12.8 Å². The summed E-state index contributed by atoms with van der Waals surface area (Å²) in [6, 6.07) is 6.05. The molecule has 108 valence electrons. The van der Waals surface area contributed by atoms with Crippen LogP contribution in [0.1, 0.15) is 24.2 Å². The van der Waals surface area contributed by atoms with E-state index in [1.165, 1.54) is 6.26 Å². The summed E-state index contributed by atoms with van der Waals surface area (Å²) >= 11 is 6.12. The number of rotatable bonds is 4. The molecule has 0 aliphatic heterocycles. The molecule has 20 heavy (non-hydrogen) atoms. The Morgan fingerprint density at radius 1 is 1.45 bits per heavy atom. The molecule has 0 aliphatic carbocycles. The molecule has 0 aliphatic rings. The molecule has 1 heterocycles. The maximum Gasteiger partial charge on any atom is 0.175 e. The van der Waals surface area contributed by atoms with Crippen LogP contribution in [0, 0.1) is 0 Å². The van der Waals surface area contributed by atoms with Gasteiger partial charge < -0.3 is 5.73 Å². The zero-order chi connectivity index (χ0) is 14.9. The van der Waals surface area contributed by atoms with Gasteiger partial charge in [-0.25, -0.2) is 8.42 Å². The monoisotopic (exact) mass is 313 g/mol. The van der Waals surface area contributed by atoms with Gasteiger partial charge in [0.2, 0.25) is 0 Å². The van der Waals surface area contributed by atoms with Crippen LogP contribution in [0.25, 0.3) is 0 Å². The number of aryl methyl sites for hydroxylation is 1. The van der Waals surface area contributed by atoms with E-state index < -0.39 is 15.9 Å². The Morgan fingerprint density at radius 2 is 2.15 bits per heavy atom. The van der Waals surface area contributed by atoms with Crippen molar-refractivity contribution in [2.24, 2.45) is 5.73 Å². The first-order valence-electron chi connectivity index (χ1n) is 6.11. The van der Waals surface area contributed by atoms with Crippen molar-refractivity contribution >= 4 is 21.4 Å². The van der Waals surface area contributed by atoms with Crippen molar-refractivity contribution in [1.29, 1.82) is 0 Å². The normalized spacial score (nSPS) is 13.4. The Balaban J connectivity index is 2.49. The summed E-state index contributed by atoms with van der Waals surface area (Å²) in [6.45, 7) is 2.58. The summed E-state index contributed by atoms with van der Waals surface area (Å²) in [5.74, 6) is 0. The Kier molecular flexibility index (Phi) is 4.17. The van der Waals surface area contributed by atoms with Gasteiger partial charge in [-0.05, 0) is 24.6 Å². The van der Waals surface area contributed by atoms with E-state index in [0.717, 1.165) is 0 Å². The molecule has 0 amide bonds. The number of benzene rings is 1. The Labute approximate surface area is 123 Å². The molecule has 5 nitrogen and oxygen atoms in total. The smallest absolute Gasteiger partial charge is 0.175 e. The van der Waals surface area contributed by atoms with E-state index in [1.807, 2.05) is 6.92 Å². The second-order valence-electron chi connectivity index (χ2n) is 4.52. The number of sulfone groups is 1. The number of nitrogens with two attached hydrogens (primary N) is 1. The lowest BCUT2D eigenvalue weighted by Crippen LogP contribution is -2.18. The van der Waals surface area contributed by atoms with Crippen LogP contribution >= 0.6 is 11.6 Å². The highest BCUT2D eigenvalue weighted by Gasteiger charge is 2.19.